The van der Waals surface area contributed by atoms with Crippen LogP contribution >= 0.6 is 15.9 Å². The zero-order valence-electron chi connectivity index (χ0n) is 18.6. The Hall–Kier alpha value is -2.22. The summed E-state index contributed by atoms with van der Waals surface area (Å²) in [5.74, 6) is -0.287. The molecule has 10 nitrogen and oxygen atoms in total. The van der Waals surface area contributed by atoms with Crippen LogP contribution in [0.25, 0.3) is 0 Å². The molecule has 1 saturated heterocycles. The quantitative estimate of drug-likeness (QED) is 0.385. The van der Waals surface area contributed by atoms with Crippen LogP contribution in [0.2, 0.25) is 0 Å². The van der Waals surface area contributed by atoms with Gasteiger partial charge in [0.15, 0.2) is 0 Å². The normalized spacial score (nSPS) is 15.3. The molecule has 2 N–H and O–H groups in total. The fourth-order valence-corrected chi connectivity index (χ4v) is 5.48. The van der Waals surface area contributed by atoms with E-state index in [4.69, 9.17) is 9.57 Å². The molecule has 180 valence electrons. The minimum Gasteiger partial charge on any atom is -0.497 e. The van der Waals surface area contributed by atoms with Gasteiger partial charge in [0, 0.05) is 44.2 Å². The predicted octanol–water partition coefficient (Wildman–Crippen LogP) is 2.08. The smallest absolute Gasteiger partial charge is 0.276 e. The number of nitrogens with zero attached hydrogens (tertiary/aromatic N) is 3. The standard InChI is InChI=1S/C21H27BrN4O6S/c1-24(33(29,30)18-6-4-17(31-2)5-7-18)20-15(12-16(22)13-19(20)21(27)23-28)14-25-8-10-26(32-3)11-9-25/h4-7,12-13,28H,8-11,14H2,1-3H3,(H,23,27). The lowest BCUT2D eigenvalue weighted by molar-refractivity contribution is -0.152. The van der Waals surface area contributed by atoms with Crippen molar-refractivity contribution < 1.29 is 28.0 Å². The van der Waals surface area contributed by atoms with Crippen LogP contribution in [0.4, 0.5) is 5.69 Å². The first-order valence-electron chi connectivity index (χ1n) is 10.1. The Bertz CT molecular complexity index is 1090. The molecule has 1 amide bonds. The Morgan fingerprint density at radius 3 is 2.33 bits per heavy atom. The molecular formula is C21H27BrN4O6S. The van der Waals surface area contributed by atoms with Crippen LogP contribution in [0.3, 0.4) is 0 Å². The van der Waals surface area contributed by atoms with Crippen molar-refractivity contribution in [2.24, 2.45) is 0 Å². The number of piperazine rings is 1. The number of nitrogens with one attached hydrogen (secondary N) is 1. The summed E-state index contributed by atoms with van der Waals surface area (Å²) in [5, 5.41) is 11.2. The third-order valence-electron chi connectivity index (χ3n) is 5.52. The molecule has 3 rings (SSSR count). The lowest BCUT2D eigenvalue weighted by Crippen LogP contribution is -2.45. The Labute approximate surface area is 201 Å². The van der Waals surface area contributed by atoms with Crippen molar-refractivity contribution in [1.29, 1.82) is 0 Å². The van der Waals surface area contributed by atoms with E-state index in [9.17, 15) is 18.4 Å². The number of benzene rings is 2. The number of sulfonamides is 1. The van der Waals surface area contributed by atoms with Crippen molar-refractivity contribution in [2.75, 3.05) is 51.8 Å². The molecule has 1 heterocycles. The van der Waals surface area contributed by atoms with Crippen molar-refractivity contribution in [1.82, 2.24) is 15.4 Å². The zero-order valence-corrected chi connectivity index (χ0v) is 21.0. The maximum atomic E-state index is 13.4. The summed E-state index contributed by atoms with van der Waals surface area (Å²) in [4.78, 5) is 20.0. The molecule has 12 heteroatoms. The molecule has 2 aromatic carbocycles. The zero-order chi connectivity index (χ0) is 24.2. The Balaban J connectivity index is 2.04. The highest BCUT2D eigenvalue weighted by molar-refractivity contribution is 9.10. The van der Waals surface area contributed by atoms with Crippen molar-refractivity contribution in [3.05, 3.63) is 52.0 Å². The van der Waals surface area contributed by atoms with E-state index in [1.807, 2.05) is 5.06 Å². The second-order valence-electron chi connectivity index (χ2n) is 7.44. The molecular weight excluding hydrogens is 516 g/mol. The van der Waals surface area contributed by atoms with Gasteiger partial charge in [0.1, 0.15) is 5.75 Å². The molecule has 0 saturated carbocycles. The predicted molar refractivity (Wildman–Crippen MR) is 126 cm³/mol. The van der Waals surface area contributed by atoms with Gasteiger partial charge in [-0.2, -0.15) is 5.06 Å². The highest BCUT2D eigenvalue weighted by Crippen LogP contribution is 2.34. The molecule has 1 fully saturated rings. The summed E-state index contributed by atoms with van der Waals surface area (Å²) in [6, 6.07) is 9.26. The Morgan fingerprint density at radius 2 is 1.79 bits per heavy atom. The average Bonchev–Trinajstić information content (AvgIpc) is 2.83. The van der Waals surface area contributed by atoms with Crippen LogP contribution in [0, 0.1) is 0 Å². The minimum atomic E-state index is -4.02. The number of hydroxylamine groups is 3. The van der Waals surface area contributed by atoms with E-state index >= 15 is 0 Å². The number of rotatable bonds is 8. The Morgan fingerprint density at radius 1 is 1.15 bits per heavy atom. The molecule has 1 aliphatic heterocycles. The van der Waals surface area contributed by atoms with Crippen LogP contribution in [-0.2, 0) is 21.4 Å². The maximum absolute atomic E-state index is 13.4. The van der Waals surface area contributed by atoms with Gasteiger partial charge in [-0.1, -0.05) is 15.9 Å². The summed E-state index contributed by atoms with van der Waals surface area (Å²) >= 11 is 3.40. The van der Waals surface area contributed by atoms with Crippen LogP contribution in [0.1, 0.15) is 15.9 Å². The first-order chi connectivity index (χ1) is 15.7. The molecule has 33 heavy (non-hydrogen) atoms. The fraction of sp³-hybridized carbons (Fsp3) is 0.381. The molecule has 0 atom stereocenters. The second kappa shape index (κ2) is 10.8. The molecule has 1 aliphatic rings. The summed E-state index contributed by atoms with van der Waals surface area (Å²) in [7, 11) is 0.498. The van der Waals surface area contributed by atoms with Crippen molar-refractivity contribution in [2.45, 2.75) is 11.4 Å². The maximum Gasteiger partial charge on any atom is 0.276 e. The van der Waals surface area contributed by atoms with E-state index in [0.717, 1.165) is 4.31 Å². The largest absolute Gasteiger partial charge is 0.497 e. The number of halogens is 1. The topological polar surface area (TPSA) is 112 Å². The van der Waals surface area contributed by atoms with Crippen LogP contribution in [-0.4, -0.2) is 76.9 Å². The van der Waals surface area contributed by atoms with Gasteiger partial charge in [-0.15, -0.1) is 0 Å². The van der Waals surface area contributed by atoms with Crippen LogP contribution in [0.5, 0.6) is 5.75 Å². The molecule has 0 radical (unpaired) electrons. The number of ether oxygens (including phenoxy) is 1. The molecule has 0 spiro atoms. The van der Waals surface area contributed by atoms with E-state index in [1.165, 1.54) is 32.4 Å². The van der Waals surface area contributed by atoms with Crippen LogP contribution < -0.4 is 14.5 Å². The van der Waals surface area contributed by atoms with Gasteiger partial charge in [-0.3, -0.25) is 19.2 Å². The minimum absolute atomic E-state index is 0.0250. The molecule has 0 unspecified atom stereocenters. The summed E-state index contributed by atoms with van der Waals surface area (Å²) in [6.45, 7) is 3.21. The summed E-state index contributed by atoms with van der Waals surface area (Å²) in [6.07, 6.45) is 0. The van der Waals surface area contributed by atoms with E-state index in [1.54, 1.807) is 30.8 Å². The first kappa shape index (κ1) is 25.4. The Kier molecular flexibility index (Phi) is 8.32. The van der Waals surface area contributed by atoms with E-state index in [0.29, 0.717) is 48.5 Å². The van der Waals surface area contributed by atoms with E-state index in [2.05, 4.69) is 20.8 Å². The van der Waals surface area contributed by atoms with Gasteiger partial charge < -0.3 is 9.57 Å². The molecule has 0 aliphatic carbocycles. The summed E-state index contributed by atoms with van der Waals surface area (Å²) < 4.78 is 33.7. The summed E-state index contributed by atoms with van der Waals surface area (Å²) in [5.41, 5.74) is 2.45. The van der Waals surface area contributed by atoms with Crippen molar-refractivity contribution >= 4 is 37.5 Å². The number of carbonyl (C=O) groups excluding carboxylic acids is 1. The molecule has 0 bridgehead atoms. The fourth-order valence-electron chi connectivity index (χ4n) is 3.72. The van der Waals surface area contributed by atoms with Gasteiger partial charge in [-0.05, 0) is 42.0 Å². The average molecular weight is 543 g/mol. The third kappa shape index (κ3) is 5.65. The van der Waals surface area contributed by atoms with E-state index < -0.39 is 15.9 Å². The van der Waals surface area contributed by atoms with E-state index in [-0.39, 0.29) is 16.1 Å². The highest BCUT2D eigenvalue weighted by Gasteiger charge is 2.29. The van der Waals surface area contributed by atoms with Crippen molar-refractivity contribution in [3.63, 3.8) is 0 Å². The SMILES string of the molecule is COc1ccc(S(=O)(=O)N(C)c2c(CN3CCN(OC)CC3)cc(Br)cc2C(=O)NO)cc1. The highest BCUT2D eigenvalue weighted by atomic mass is 79.9. The number of carbonyl (C=O) groups is 1. The number of hydrogen-bond donors (Lipinski definition) is 2. The monoisotopic (exact) mass is 542 g/mol. The number of anilines is 1. The van der Waals surface area contributed by atoms with Gasteiger partial charge in [0.2, 0.25) is 0 Å². The lowest BCUT2D eigenvalue weighted by Gasteiger charge is -2.34. The second-order valence-corrected chi connectivity index (χ2v) is 10.3. The van der Waals surface area contributed by atoms with Crippen molar-refractivity contribution in [3.8, 4) is 5.75 Å². The molecule has 2 aromatic rings. The number of amides is 1. The van der Waals surface area contributed by atoms with Gasteiger partial charge in [0.05, 0.1) is 30.4 Å². The third-order valence-corrected chi connectivity index (χ3v) is 7.75. The lowest BCUT2D eigenvalue weighted by atomic mass is 10.1. The molecule has 0 aromatic heterocycles. The number of methoxy groups -OCH3 is 1. The van der Waals surface area contributed by atoms with Gasteiger partial charge in [0.25, 0.3) is 15.9 Å². The van der Waals surface area contributed by atoms with Crippen LogP contribution in [0.15, 0.2) is 45.8 Å². The first-order valence-corrected chi connectivity index (χ1v) is 12.4. The number of hydrogen-bond acceptors (Lipinski definition) is 8. The van der Waals surface area contributed by atoms with Gasteiger partial charge in [-0.25, -0.2) is 13.9 Å². The van der Waals surface area contributed by atoms with Gasteiger partial charge >= 0.3 is 0 Å².